The molecule has 6 amide bonds. The number of benzene rings is 1. The third kappa shape index (κ3) is 7.31. The van der Waals surface area contributed by atoms with Crippen molar-refractivity contribution in [3.05, 3.63) is 71.7 Å². The number of piperazine rings is 1. The molecule has 58 heavy (non-hydrogen) atoms. The van der Waals surface area contributed by atoms with Crippen molar-refractivity contribution >= 4 is 64.1 Å². The smallest absolute Gasteiger partial charge is 0.262 e. The second-order valence-electron chi connectivity index (χ2n) is 15.8. The molecular formula is C41H45N11O6. The molecule has 1 unspecified atom stereocenters. The van der Waals surface area contributed by atoms with Gasteiger partial charge in [-0.25, -0.2) is 14.5 Å². The van der Waals surface area contributed by atoms with Crippen molar-refractivity contribution < 1.29 is 28.8 Å². The molecule has 300 valence electrons. The van der Waals surface area contributed by atoms with E-state index in [0.29, 0.717) is 74.7 Å². The Morgan fingerprint density at radius 2 is 1.57 bits per heavy atom. The summed E-state index contributed by atoms with van der Waals surface area (Å²) in [7, 11) is 0. The van der Waals surface area contributed by atoms with Crippen molar-refractivity contribution in [2.75, 3.05) is 41.7 Å². The molecule has 4 aromatic rings. The van der Waals surface area contributed by atoms with Gasteiger partial charge in [0.25, 0.3) is 17.7 Å². The van der Waals surface area contributed by atoms with Gasteiger partial charge < -0.3 is 25.8 Å². The molecule has 4 N–H and O–H groups in total. The number of piperidine rings is 1. The highest BCUT2D eigenvalue weighted by Gasteiger charge is 2.45. The van der Waals surface area contributed by atoms with Gasteiger partial charge in [0.2, 0.25) is 17.7 Å². The number of amides is 6. The number of imide groups is 2. The molecule has 2 aliphatic carbocycles. The van der Waals surface area contributed by atoms with E-state index in [1.807, 2.05) is 29.3 Å². The van der Waals surface area contributed by atoms with E-state index in [-0.39, 0.29) is 53.8 Å². The molecule has 6 heterocycles. The zero-order valence-electron chi connectivity index (χ0n) is 32.0. The van der Waals surface area contributed by atoms with Gasteiger partial charge in [-0.2, -0.15) is 5.10 Å². The molecule has 5 aliphatic rings. The minimum atomic E-state index is -1.02. The third-order valence-electron chi connectivity index (χ3n) is 12.2. The van der Waals surface area contributed by atoms with Crippen LogP contribution in [0.4, 0.5) is 23.0 Å². The van der Waals surface area contributed by atoms with Crippen molar-refractivity contribution in [1.29, 1.82) is 0 Å². The van der Waals surface area contributed by atoms with Crippen LogP contribution in [0.2, 0.25) is 0 Å². The maximum atomic E-state index is 13.7. The Bertz CT molecular complexity index is 2310. The zero-order valence-corrected chi connectivity index (χ0v) is 32.0. The number of carbonyl (C=O) groups excluding carboxylic acids is 6. The average Bonchev–Trinajstić information content (AvgIpc) is 3.98. The summed E-state index contributed by atoms with van der Waals surface area (Å²) < 4.78 is 1.68. The lowest BCUT2D eigenvalue weighted by atomic mass is 9.85. The quantitative estimate of drug-likeness (QED) is 0.181. The van der Waals surface area contributed by atoms with Gasteiger partial charge in [-0.3, -0.25) is 39.0 Å². The highest BCUT2D eigenvalue weighted by Crippen LogP contribution is 2.33. The fraction of sp³-hybridized carbons (Fsp3) is 0.439. The number of hydrogen-bond donors (Lipinski definition) is 4. The predicted octanol–water partition coefficient (Wildman–Crippen LogP) is 3.26. The Morgan fingerprint density at radius 1 is 0.793 bits per heavy atom. The van der Waals surface area contributed by atoms with Gasteiger partial charge in [-0.1, -0.05) is 12.8 Å². The molecule has 17 heteroatoms. The van der Waals surface area contributed by atoms with E-state index < -0.39 is 29.7 Å². The number of anilines is 4. The fourth-order valence-corrected chi connectivity index (χ4v) is 8.97. The van der Waals surface area contributed by atoms with Gasteiger partial charge in [0.05, 0.1) is 28.6 Å². The molecule has 1 aromatic carbocycles. The number of nitrogens with one attached hydrogen (secondary N) is 4. The molecule has 4 fully saturated rings. The lowest BCUT2D eigenvalue weighted by Crippen LogP contribution is -2.54. The van der Waals surface area contributed by atoms with Crippen LogP contribution in [0.5, 0.6) is 0 Å². The number of fused-ring (bicyclic) bond motifs is 2. The largest absolute Gasteiger partial charge is 0.382 e. The molecule has 17 nitrogen and oxygen atoms in total. The number of nitrogens with zero attached hydrogens (tertiary/aromatic N) is 7. The zero-order chi connectivity index (χ0) is 39.9. The molecule has 2 saturated heterocycles. The monoisotopic (exact) mass is 787 g/mol. The summed E-state index contributed by atoms with van der Waals surface area (Å²) in [6.45, 7) is 2.16. The standard InChI is InChI=1S/C41H45N11O6/c53-36-12-11-32(38(55)48-36)52-40(57)28-10-9-27(21-29(28)41(52)58)49-17-19-50(20-18-49)39(56)24-5-7-26(8-6-24)45-37(54)30-23-42-34(22-31(30)44-25-3-1-2-4-25)46-33-14-16-51-35(47-33)13-15-43-51/h9-10,13-16,21-26,32H,1-8,11-12,17-20H2,(H,45,54)(H,48,53,55)(H2,42,44,46,47). The van der Waals surface area contributed by atoms with Gasteiger partial charge >= 0.3 is 0 Å². The Hall–Kier alpha value is -6.39. The van der Waals surface area contributed by atoms with Crippen LogP contribution in [0.3, 0.4) is 0 Å². The third-order valence-corrected chi connectivity index (χ3v) is 12.2. The van der Waals surface area contributed by atoms with Crippen LogP contribution >= 0.6 is 0 Å². The minimum absolute atomic E-state index is 0.0579. The molecule has 1 atom stereocenters. The highest BCUT2D eigenvalue weighted by atomic mass is 16.2. The van der Waals surface area contributed by atoms with E-state index in [2.05, 4.69) is 41.2 Å². The van der Waals surface area contributed by atoms with E-state index in [1.165, 1.54) is 0 Å². The summed E-state index contributed by atoms with van der Waals surface area (Å²) in [6, 6.07) is 9.81. The van der Waals surface area contributed by atoms with E-state index in [1.54, 1.807) is 35.1 Å². The summed E-state index contributed by atoms with van der Waals surface area (Å²) in [5.41, 5.74) is 3.16. The minimum Gasteiger partial charge on any atom is -0.382 e. The van der Waals surface area contributed by atoms with Gasteiger partial charge in [-0.05, 0) is 69.2 Å². The van der Waals surface area contributed by atoms with Crippen molar-refractivity contribution in [1.82, 2.24) is 40.0 Å². The normalized spacial score (nSPS) is 22.6. The first-order valence-corrected chi connectivity index (χ1v) is 20.2. The van der Waals surface area contributed by atoms with Crippen LogP contribution in [0.25, 0.3) is 5.65 Å². The first-order chi connectivity index (χ1) is 28.2. The SMILES string of the molecule is O=C1CCC(N2C(=O)c3ccc(N4CCN(C(=O)C5CCC(NC(=O)c6cnc(Nc7ccn8nccc8n7)cc6NC6CCCC6)CC5)CC4)cc3C2=O)C(=O)N1. The van der Waals surface area contributed by atoms with Crippen LogP contribution in [0, 0.1) is 5.92 Å². The lowest BCUT2D eigenvalue weighted by Gasteiger charge is -2.39. The number of pyridine rings is 1. The van der Waals surface area contributed by atoms with Gasteiger partial charge in [0.15, 0.2) is 5.65 Å². The van der Waals surface area contributed by atoms with E-state index >= 15 is 0 Å². The molecule has 0 radical (unpaired) electrons. The maximum Gasteiger partial charge on any atom is 0.262 e. The maximum absolute atomic E-state index is 13.7. The van der Waals surface area contributed by atoms with E-state index in [9.17, 15) is 28.8 Å². The summed E-state index contributed by atoms with van der Waals surface area (Å²) in [6.07, 6.45) is 12.4. The van der Waals surface area contributed by atoms with Crippen LogP contribution in [-0.2, 0) is 14.4 Å². The first kappa shape index (κ1) is 37.2. The Balaban J connectivity index is 0.779. The van der Waals surface area contributed by atoms with Gasteiger partial charge in [-0.15, -0.1) is 0 Å². The Labute approximate surface area is 333 Å². The molecule has 3 aromatic heterocycles. The molecule has 3 aliphatic heterocycles. The molecule has 0 bridgehead atoms. The van der Waals surface area contributed by atoms with Crippen LogP contribution in [0.1, 0.15) is 95.3 Å². The summed E-state index contributed by atoms with van der Waals surface area (Å²) >= 11 is 0. The Kier molecular flexibility index (Phi) is 9.95. The highest BCUT2D eigenvalue weighted by molar-refractivity contribution is 6.23. The molecule has 9 rings (SSSR count). The van der Waals surface area contributed by atoms with E-state index in [4.69, 9.17) is 0 Å². The van der Waals surface area contributed by atoms with Crippen LogP contribution < -0.4 is 26.2 Å². The number of hydrogen-bond acceptors (Lipinski definition) is 12. The summed E-state index contributed by atoms with van der Waals surface area (Å²) in [4.78, 5) is 92.1. The predicted molar refractivity (Wildman–Crippen MR) is 212 cm³/mol. The number of aromatic nitrogens is 4. The van der Waals surface area contributed by atoms with Crippen molar-refractivity contribution in [3.8, 4) is 0 Å². The molecular weight excluding hydrogens is 743 g/mol. The second kappa shape index (κ2) is 15.5. The second-order valence-corrected chi connectivity index (χ2v) is 15.8. The fourth-order valence-electron chi connectivity index (χ4n) is 8.97. The summed E-state index contributed by atoms with van der Waals surface area (Å²) in [5, 5.41) is 16.5. The van der Waals surface area contributed by atoms with Crippen molar-refractivity contribution in [3.63, 3.8) is 0 Å². The topological polar surface area (TPSA) is 203 Å². The molecule has 2 saturated carbocycles. The van der Waals surface area contributed by atoms with Crippen LogP contribution in [-0.4, -0.2) is 109 Å². The van der Waals surface area contributed by atoms with Crippen molar-refractivity contribution in [2.45, 2.75) is 82.3 Å². The lowest BCUT2D eigenvalue weighted by molar-refractivity contribution is -0.137. The van der Waals surface area contributed by atoms with Gasteiger partial charge in [0.1, 0.15) is 17.7 Å². The first-order valence-electron chi connectivity index (χ1n) is 20.2. The summed E-state index contributed by atoms with van der Waals surface area (Å²) in [5.74, 6) is -1.13. The molecule has 0 spiro atoms. The van der Waals surface area contributed by atoms with E-state index in [0.717, 1.165) is 42.0 Å². The Morgan fingerprint density at radius 3 is 2.34 bits per heavy atom. The van der Waals surface area contributed by atoms with Crippen LogP contribution in [0.15, 0.2) is 55.0 Å². The van der Waals surface area contributed by atoms with Crippen molar-refractivity contribution in [2.24, 2.45) is 5.92 Å². The van der Waals surface area contributed by atoms with Gasteiger partial charge in [0, 0.05) is 80.8 Å². The number of carbonyl (C=O) groups is 6. The number of rotatable bonds is 9. The average molecular weight is 788 g/mol.